The molecule has 1 aliphatic carbocycles. The highest BCUT2D eigenvalue weighted by molar-refractivity contribution is 6.31. The van der Waals surface area contributed by atoms with Crippen LogP contribution in [0.5, 0.6) is 0 Å². The Labute approximate surface area is 119 Å². The van der Waals surface area contributed by atoms with Gasteiger partial charge in [-0.05, 0) is 49.1 Å². The molecular formula is C16H19ClN2. The van der Waals surface area contributed by atoms with E-state index in [1.807, 2.05) is 25.2 Å². The molecule has 0 amide bonds. The van der Waals surface area contributed by atoms with Gasteiger partial charge < -0.3 is 9.88 Å². The van der Waals surface area contributed by atoms with Crippen LogP contribution in [0.4, 0.5) is 0 Å². The van der Waals surface area contributed by atoms with Crippen molar-refractivity contribution in [2.75, 3.05) is 7.05 Å². The van der Waals surface area contributed by atoms with Crippen molar-refractivity contribution in [2.24, 2.45) is 0 Å². The predicted octanol–water partition coefficient (Wildman–Crippen LogP) is 3.79. The zero-order valence-electron chi connectivity index (χ0n) is 11.2. The fraction of sp³-hybridized carbons (Fsp3) is 0.375. The number of rotatable bonds is 3. The van der Waals surface area contributed by atoms with Gasteiger partial charge in [-0.2, -0.15) is 0 Å². The molecule has 0 fully saturated rings. The maximum atomic E-state index is 6.23. The van der Waals surface area contributed by atoms with E-state index in [9.17, 15) is 0 Å². The Morgan fingerprint density at radius 3 is 2.95 bits per heavy atom. The standard InChI is InChI=1S/C16H19ClN2/c1-18-16-8-4-6-12-9-19(11-14(12)16)10-13-5-2-3-7-15(13)17/h2-3,5,7,9,11,16,18H,4,6,8,10H2,1H3. The van der Waals surface area contributed by atoms with Gasteiger partial charge >= 0.3 is 0 Å². The summed E-state index contributed by atoms with van der Waals surface area (Å²) in [5, 5.41) is 4.26. The second-order valence-electron chi connectivity index (χ2n) is 5.24. The summed E-state index contributed by atoms with van der Waals surface area (Å²) in [6, 6.07) is 8.58. The summed E-state index contributed by atoms with van der Waals surface area (Å²) >= 11 is 6.23. The second-order valence-corrected chi connectivity index (χ2v) is 5.64. The van der Waals surface area contributed by atoms with Crippen LogP contribution in [0.25, 0.3) is 0 Å². The van der Waals surface area contributed by atoms with Crippen molar-refractivity contribution >= 4 is 11.6 Å². The Morgan fingerprint density at radius 2 is 2.16 bits per heavy atom. The van der Waals surface area contributed by atoms with E-state index < -0.39 is 0 Å². The topological polar surface area (TPSA) is 17.0 Å². The van der Waals surface area contributed by atoms with Crippen molar-refractivity contribution in [1.29, 1.82) is 0 Å². The van der Waals surface area contributed by atoms with E-state index >= 15 is 0 Å². The summed E-state index contributed by atoms with van der Waals surface area (Å²) in [6.07, 6.45) is 8.26. The predicted molar refractivity (Wildman–Crippen MR) is 79.7 cm³/mol. The Hall–Kier alpha value is -1.25. The molecule has 19 heavy (non-hydrogen) atoms. The number of hydrogen-bond donors (Lipinski definition) is 1. The summed E-state index contributed by atoms with van der Waals surface area (Å²) in [5.41, 5.74) is 4.12. The third kappa shape index (κ3) is 2.56. The Kier molecular flexibility index (Phi) is 3.63. The number of benzene rings is 1. The number of nitrogens with zero attached hydrogens (tertiary/aromatic N) is 1. The largest absolute Gasteiger partial charge is 0.349 e. The van der Waals surface area contributed by atoms with Crippen molar-refractivity contribution in [3.05, 3.63) is 58.4 Å². The van der Waals surface area contributed by atoms with E-state index in [1.165, 1.54) is 36.0 Å². The molecule has 2 nitrogen and oxygen atoms in total. The minimum Gasteiger partial charge on any atom is -0.349 e. The van der Waals surface area contributed by atoms with Crippen LogP contribution < -0.4 is 5.32 Å². The fourth-order valence-electron chi connectivity index (χ4n) is 2.96. The number of halogens is 1. The summed E-state index contributed by atoms with van der Waals surface area (Å²) in [5.74, 6) is 0. The molecule has 3 heteroatoms. The third-order valence-corrected chi connectivity index (χ3v) is 4.34. The van der Waals surface area contributed by atoms with Crippen molar-refractivity contribution < 1.29 is 0 Å². The van der Waals surface area contributed by atoms with Crippen LogP contribution in [0.15, 0.2) is 36.7 Å². The first kappa shape index (κ1) is 12.8. The average Bonchev–Trinajstić information content (AvgIpc) is 2.83. The lowest BCUT2D eigenvalue weighted by molar-refractivity contribution is 0.498. The van der Waals surface area contributed by atoms with Gasteiger partial charge in [-0.1, -0.05) is 29.8 Å². The van der Waals surface area contributed by atoms with Gasteiger partial charge in [0.05, 0.1) is 0 Å². The molecule has 1 heterocycles. The molecule has 100 valence electrons. The number of aromatic nitrogens is 1. The minimum absolute atomic E-state index is 0.510. The monoisotopic (exact) mass is 274 g/mol. The molecule has 0 aliphatic heterocycles. The van der Waals surface area contributed by atoms with E-state index in [2.05, 4.69) is 28.3 Å². The molecule has 0 saturated carbocycles. The van der Waals surface area contributed by atoms with Crippen LogP contribution >= 0.6 is 11.6 Å². The normalized spacial score (nSPS) is 18.3. The molecule has 0 radical (unpaired) electrons. The first-order chi connectivity index (χ1) is 9.28. The number of nitrogens with one attached hydrogen (secondary N) is 1. The van der Waals surface area contributed by atoms with Crippen LogP contribution in [0.1, 0.15) is 35.6 Å². The van der Waals surface area contributed by atoms with Gasteiger partial charge in [-0.25, -0.2) is 0 Å². The average molecular weight is 275 g/mol. The Bertz CT molecular complexity index is 574. The molecule has 1 atom stereocenters. The zero-order chi connectivity index (χ0) is 13.2. The van der Waals surface area contributed by atoms with Crippen LogP contribution in [-0.4, -0.2) is 11.6 Å². The molecule has 2 aromatic rings. The van der Waals surface area contributed by atoms with Crippen molar-refractivity contribution in [3.8, 4) is 0 Å². The summed E-state index contributed by atoms with van der Waals surface area (Å²) in [6.45, 7) is 0.850. The molecule has 1 aromatic heterocycles. The maximum Gasteiger partial charge on any atom is 0.0485 e. The molecule has 3 rings (SSSR count). The van der Waals surface area contributed by atoms with E-state index in [1.54, 1.807) is 0 Å². The summed E-state index contributed by atoms with van der Waals surface area (Å²) in [4.78, 5) is 0. The molecule has 0 bridgehead atoms. The molecule has 1 unspecified atom stereocenters. The van der Waals surface area contributed by atoms with Gasteiger partial charge in [0.15, 0.2) is 0 Å². The van der Waals surface area contributed by atoms with Gasteiger partial charge in [0.2, 0.25) is 0 Å². The molecule has 0 spiro atoms. The van der Waals surface area contributed by atoms with Crippen LogP contribution in [0, 0.1) is 0 Å². The quantitative estimate of drug-likeness (QED) is 0.901. The van der Waals surface area contributed by atoms with Gasteiger partial charge in [0, 0.05) is 30.0 Å². The van der Waals surface area contributed by atoms with Crippen LogP contribution in [0.2, 0.25) is 5.02 Å². The van der Waals surface area contributed by atoms with E-state index in [4.69, 9.17) is 11.6 Å². The van der Waals surface area contributed by atoms with E-state index in [0.717, 1.165) is 11.6 Å². The number of fused-ring (bicyclic) bond motifs is 1. The van der Waals surface area contributed by atoms with Crippen LogP contribution in [-0.2, 0) is 13.0 Å². The minimum atomic E-state index is 0.510. The Balaban J connectivity index is 1.87. The van der Waals surface area contributed by atoms with Gasteiger partial charge in [0.25, 0.3) is 0 Å². The molecule has 1 aromatic carbocycles. The smallest absolute Gasteiger partial charge is 0.0485 e. The van der Waals surface area contributed by atoms with Crippen molar-refractivity contribution in [2.45, 2.75) is 31.8 Å². The highest BCUT2D eigenvalue weighted by Crippen LogP contribution is 2.30. The molecule has 0 saturated heterocycles. The number of aryl methyl sites for hydroxylation is 1. The fourth-order valence-corrected chi connectivity index (χ4v) is 3.16. The lowest BCUT2D eigenvalue weighted by atomic mass is 9.91. The van der Waals surface area contributed by atoms with Crippen molar-refractivity contribution in [1.82, 2.24) is 9.88 Å². The molecule has 1 aliphatic rings. The van der Waals surface area contributed by atoms with Gasteiger partial charge in [-0.3, -0.25) is 0 Å². The Morgan fingerprint density at radius 1 is 1.32 bits per heavy atom. The first-order valence-electron chi connectivity index (χ1n) is 6.87. The third-order valence-electron chi connectivity index (χ3n) is 3.97. The molecule has 1 N–H and O–H groups in total. The highest BCUT2D eigenvalue weighted by Gasteiger charge is 2.20. The van der Waals surface area contributed by atoms with E-state index in [-0.39, 0.29) is 0 Å². The van der Waals surface area contributed by atoms with Crippen molar-refractivity contribution in [3.63, 3.8) is 0 Å². The second kappa shape index (κ2) is 5.40. The lowest BCUT2D eigenvalue weighted by Crippen LogP contribution is -2.20. The maximum absolute atomic E-state index is 6.23. The van der Waals surface area contributed by atoms with Crippen LogP contribution in [0.3, 0.4) is 0 Å². The van der Waals surface area contributed by atoms with Gasteiger partial charge in [0.1, 0.15) is 0 Å². The van der Waals surface area contributed by atoms with E-state index in [0.29, 0.717) is 6.04 Å². The highest BCUT2D eigenvalue weighted by atomic mass is 35.5. The SMILES string of the molecule is CNC1CCCc2cn(Cc3ccccc3Cl)cc21. The zero-order valence-corrected chi connectivity index (χ0v) is 12.0. The first-order valence-corrected chi connectivity index (χ1v) is 7.25. The summed E-state index contributed by atoms with van der Waals surface area (Å²) < 4.78 is 2.27. The summed E-state index contributed by atoms with van der Waals surface area (Å²) in [7, 11) is 2.05. The lowest BCUT2D eigenvalue weighted by Gasteiger charge is -2.21. The van der Waals surface area contributed by atoms with Gasteiger partial charge in [-0.15, -0.1) is 0 Å². The molecular weight excluding hydrogens is 256 g/mol. The number of hydrogen-bond acceptors (Lipinski definition) is 1.